The van der Waals surface area contributed by atoms with Crippen LogP contribution in [0.25, 0.3) is 0 Å². The van der Waals surface area contributed by atoms with Crippen LogP contribution in [0.1, 0.15) is 37.9 Å². The van der Waals surface area contributed by atoms with Crippen LogP contribution in [-0.4, -0.2) is 29.1 Å². The van der Waals surface area contributed by atoms with Crippen molar-refractivity contribution in [2.75, 3.05) is 23.0 Å². The first kappa shape index (κ1) is 14.0. The molecule has 1 aromatic heterocycles. The summed E-state index contributed by atoms with van der Waals surface area (Å²) < 4.78 is 0. The lowest BCUT2D eigenvalue weighted by molar-refractivity contribution is 0.683. The minimum Gasteiger partial charge on any atom is -0.352 e. The number of rotatable bonds is 3. The van der Waals surface area contributed by atoms with Crippen LogP contribution in [0.4, 0.5) is 5.82 Å². The van der Waals surface area contributed by atoms with E-state index in [2.05, 4.69) is 37.8 Å². The molecule has 1 saturated heterocycles. The molecule has 18 heavy (non-hydrogen) atoms. The van der Waals surface area contributed by atoms with Crippen molar-refractivity contribution < 1.29 is 0 Å². The van der Waals surface area contributed by atoms with Crippen LogP contribution < -0.4 is 4.90 Å². The van der Waals surface area contributed by atoms with Gasteiger partial charge in [0.15, 0.2) is 0 Å². The van der Waals surface area contributed by atoms with E-state index in [0.29, 0.717) is 17.8 Å². The molecule has 1 aromatic rings. The third kappa shape index (κ3) is 3.12. The van der Waals surface area contributed by atoms with Crippen molar-refractivity contribution >= 4 is 29.2 Å². The van der Waals surface area contributed by atoms with E-state index in [4.69, 9.17) is 16.6 Å². The molecule has 1 fully saturated rings. The zero-order valence-corrected chi connectivity index (χ0v) is 12.9. The lowest BCUT2D eigenvalue weighted by Gasteiger charge is -2.34. The summed E-state index contributed by atoms with van der Waals surface area (Å²) in [5, 5.41) is 0. The molecule has 0 N–H and O–H groups in total. The van der Waals surface area contributed by atoms with E-state index in [0.717, 1.165) is 18.1 Å². The zero-order valence-electron chi connectivity index (χ0n) is 11.3. The summed E-state index contributed by atoms with van der Waals surface area (Å²) >= 11 is 8.03. The monoisotopic (exact) mass is 284 g/mol. The van der Waals surface area contributed by atoms with Gasteiger partial charge in [-0.2, -0.15) is 11.8 Å². The molecular weight excluding hydrogens is 264 g/mol. The highest BCUT2D eigenvalue weighted by Gasteiger charge is 2.21. The van der Waals surface area contributed by atoms with Gasteiger partial charge in [-0.1, -0.05) is 13.8 Å². The predicted molar refractivity (Wildman–Crippen MR) is 82.0 cm³/mol. The van der Waals surface area contributed by atoms with Crippen molar-refractivity contribution in [3.63, 3.8) is 0 Å². The Morgan fingerprint density at radius 1 is 1.50 bits per heavy atom. The molecule has 1 atom stereocenters. The van der Waals surface area contributed by atoms with Crippen LogP contribution in [-0.2, 0) is 5.88 Å². The Labute approximate surface area is 119 Å². The third-order valence-electron chi connectivity index (χ3n) is 3.30. The Morgan fingerprint density at radius 2 is 2.28 bits per heavy atom. The summed E-state index contributed by atoms with van der Waals surface area (Å²) in [5.74, 6) is 4.48. The second-order valence-corrected chi connectivity index (χ2v) is 6.58. The van der Waals surface area contributed by atoms with E-state index in [-0.39, 0.29) is 0 Å². The second kappa shape index (κ2) is 6.16. The highest BCUT2D eigenvalue weighted by Crippen LogP contribution is 2.26. The van der Waals surface area contributed by atoms with E-state index >= 15 is 0 Å². The number of thioether (sulfide) groups is 1. The van der Waals surface area contributed by atoms with Crippen molar-refractivity contribution in [2.24, 2.45) is 0 Å². The maximum atomic E-state index is 6.00. The molecule has 2 nitrogen and oxygen atoms in total. The van der Waals surface area contributed by atoms with Crippen LogP contribution in [0.15, 0.2) is 12.1 Å². The van der Waals surface area contributed by atoms with Gasteiger partial charge in [0.1, 0.15) is 5.82 Å². The summed E-state index contributed by atoms with van der Waals surface area (Å²) in [7, 11) is 0. The van der Waals surface area contributed by atoms with Crippen molar-refractivity contribution in [1.29, 1.82) is 0 Å². The predicted octanol–water partition coefficient (Wildman–Crippen LogP) is 3.89. The summed E-state index contributed by atoms with van der Waals surface area (Å²) in [5.41, 5.74) is 2.32. The molecule has 1 aliphatic heterocycles. The largest absolute Gasteiger partial charge is 0.352 e. The summed E-state index contributed by atoms with van der Waals surface area (Å²) in [4.78, 5) is 7.23. The molecule has 0 spiro atoms. The Bertz CT molecular complexity index is 409. The normalized spacial score (nSPS) is 20.5. The number of halogens is 1. The van der Waals surface area contributed by atoms with Crippen LogP contribution >= 0.6 is 23.4 Å². The molecule has 0 aromatic carbocycles. The van der Waals surface area contributed by atoms with Gasteiger partial charge in [-0.3, -0.25) is 0 Å². The molecule has 2 rings (SSSR count). The number of alkyl halides is 1. The molecule has 1 aliphatic rings. The summed E-state index contributed by atoms with van der Waals surface area (Å²) in [6.07, 6.45) is 0. The minimum atomic E-state index is 0.446. The highest BCUT2D eigenvalue weighted by molar-refractivity contribution is 7.99. The standard InChI is InChI=1S/C14H21ClN2S/c1-10(2)13-6-12(8-15)7-14(16-13)17-4-5-18-9-11(17)3/h6-7,10-11H,4-5,8-9H2,1-3H3. The van der Waals surface area contributed by atoms with Gasteiger partial charge in [0, 0.05) is 35.7 Å². The number of anilines is 1. The van der Waals surface area contributed by atoms with Gasteiger partial charge in [-0.05, 0) is 30.5 Å². The molecule has 0 saturated carbocycles. The van der Waals surface area contributed by atoms with Gasteiger partial charge in [-0.15, -0.1) is 11.6 Å². The van der Waals surface area contributed by atoms with Crippen LogP contribution in [0.5, 0.6) is 0 Å². The number of nitrogens with zero attached hydrogens (tertiary/aromatic N) is 2. The van der Waals surface area contributed by atoms with Crippen LogP contribution in [0.2, 0.25) is 0 Å². The lowest BCUT2D eigenvalue weighted by Crippen LogP contribution is -2.41. The summed E-state index contributed by atoms with van der Waals surface area (Å²) in [6, 6.07) is 4.83. The maximum Gasteiger partial charge on any atom is 0.129 e. The van der Waals surface area contributed by atoms with Crippen molar-refractivity contribution in [3.8, 4) is 0 Å². The first-order valence-electron chi connectivity index (χ1n) is 6.53. The van der Waals surface area contributed by atoms with E-state index in [1.165, 1.54) is 17.1 Å². The molecule has 1 unspecified atom stereocenters. The molecule has 0 radical (unpaired) electrons. The lowest BCUT2D eigenvalue weighted by atomic mass is 10.1. The first-order chi connectivity index (χ1) is 8.61. The quantitative estimate of drug-likeness (QED) is 0.784. The van der Waals surface area contributed by atoms with E-state index in [1.54, 1.807) is 0 Å². The Balaban J connectivity index is 2.33. The van der Waals surface area contributed by atoms with Gasteiger partial charge in [0.2, 0.25) is 0 Å². The Morgan fingerprint density at radius 3 is 2.89 bits per heavy atom. The average molecular weight is 285 g/mol. The number of hydrogen-bond acceptors (Lipinski definition) is 3. The molecule has 0 aliphatic carbocycles. The molecule has 2 heterocycles. The van der Waals surface area contributed by atoms with Crippen molar-refractivity contribution in [2.45, 2.75) is 38.6 Å². The fourth-order valence-corrected chi connectivity index (χ4v) is 3.35. The number of aromatic nitrogens is 1. The highest BCUT2D eigenvalue weighted by atomic mass is 35.5. The average Bonchev–Trinajstić information content (AvgIpc) is 2.38. The molecular formula is C14H21ClN2S. The SMILES string of the molecule is CC(C)c1cc(CCl)cc(N2CCSCC2C)n1. The van der Waals surface area contributed by atoms with Crippen LogP contribution in [0.3, 0.4) is 0 Å². The van der Waals surface area contributed by atoms with Crippen molar-refractivity contribution in [3.05, 3.63) is 23.4 Å². The maximum absolute atomic E-state index is 6.00. The zero-order chi connectivity index (χ0) is 13.1. The third-order valence-corrected chi connectivity index (χ3v) is 4.80. The van der Waals surface area contributed by atoms with Gasteiger partial charge < -0.3 is 4.90 Å². The summed E-state index contributed by atoms with van der Waals surface area (Å²) in [6.45, 7) is 7.72. The van der Waals surface area contributed by atoms with Gasteiger partial charge in [-0.25, -0.2) is 4.98 Å². The molecule has 0 bridgehead atoms. The number of hydrogen-bond donors (Lipinski definition) is 0. The van der Waals surface area contributed by atoms with E-state index < -0.39 is 0 Å². The topological polar surface area (TPSA) is 16.1 Å². The van der Waals surface area contributed by atoms with Gasteiger partial charge in [0.05, 0.1) is 0 Å². The fourth-order valence-electron chi connectivity index (χ4n) is 2.18. The molecule has 0 amide bonds. The Hall–Kier alpha value is -0.410. The minimum absolute atomic E-state index is 0.446. The second-order valence-electron chi connectivity index (χ2n) is 5.16. The number of pyridine rings is 1. The first-order valence-corrected chi connectivity index (χ1v) is 8.22. The van der Waals surface area contributed by atoms with Gasteiger partial charge >= 0.3 is 0 Å². The molecule has 100 valence electrons. The van der Waals surface area contributed by atoms with E-state index in [1.807, 2.05) is 11.8 Å². The fraction of sp³-hybridized carbons (Fsp3) is 0.643. The van der Waals surface area contributed by atoms with E-state index in [9.17, 15) is 0 Å². The molecule has 4 heteroatoms. The van der Waals surface area contributed by atoms with Crippen molar-refractivity contribution in [1.82, 2.24) is 4.98 Å². The smallest absolute Gasteiger partial charge is 0.129 e. The Kier molecular flexibility index (Phi) is 4.79. The van der Waals surface area contributed by atoms with Crippen LogP contribution in [0, 0.1) is 0 Å². The van der Waals surface area contributed by atoms with Gasteiger partial charge in [0.25, 0.3) is 0 Å².